The van der Waals surface area contributed by atoms with E-state index in [1.807, 2.05) is 13.0 Å². The Bertz CT molecular complexity index is 1020. The van der Waals surface area contributed by atoms with Gasteiger partial charge in [0, 0.05) is 29.7 Å². The van der Waals surface area contributed by atoms with E-state index in [4.69, 9.17) is 9.47 Å². The highest BCUT2D eigenvalue weighted by molar-refractivity contribution is 6.06. The highest BCUT2D eigenvalue weighted by Crippen LogP contribution is 2.29. The van der Waals surface area contributed by atoms with E-state index in [2.05, 4.69) is 15.6 Å². The summed E-state index contributed by atoms with van der Waals surface area (Å²) in [4.78, 5) is 28.9. The van der Waals surface area contributed by atoms with Crippen molar-refractivity contribution < 1.29 is 19.1 Å². The number of carbonyl (C=O) groups is 2. The first-order valence-corrected chi connectivity index (χ1v) is 9.54. The van der Waals surface area contributed by atoms with Gasteiger partial charge < -0.3 is 20.1 Å². The zero-order valence-electron chi connectivity index (χ0n) is 16.8. The van der Waals surface area contributed by atoms with Crippen LogP contribution >= 0.6 is 0 Å². The molecule has 0 saturated carbocycles. The largest absolute Gasteiger partial charge is 0.494 e. The van der Waals surface area contributed by atoms with E-state index in [1.54, 1.807) is 54.7 Å². The molecule has 0 aliphatic carbocycles. The van der Waals surface area contributed by atoms with Gasteiger partial charge in [-0.3, -0.25) is 14.6 Å². The van der Waals surface area contributed by atoms with Gasteiger partial charge in [0.2, 0.25) is 0 Å². The lowest BCUT2D eigenvalue weighted by Gasteiger charge is -2.13. The minimum atomic E-state index is -0.304. The molecule has 1 heterocycles. The van der Waals surface area contributed by atoms with Crippen molar-refractivity contribution in [2.45, 2.75) is 13.3 Å². The summed E-state index contributed by atoms with van der Waals surface area (Å²) >= 11 is 0. The van der Waals surface area contributed by atoms with E-state index >= 15 is 0 Å². The maximum atomic E-state index is 12.6. The van der Waals surface area contributed by atoms with Crippen LogP contribution in [0.25, 0.3) is 0 Å². The Balaban J connectivity index is 1.71. The molecule has 3 aromatic rings. The standard InChI is InChI=1S/C23H23N3O4/c1-3-12-30-19-8-4-6-16(13-19)22(27)25-18-9-10-20(21(14-18)29-2)26-23(28)17-7-5-11-24-15-17/h4-11,13-15H,3,12H2,1-2H3,(H,25,27)(H,26,28). The zero-order valence-corrected chi connectivity index (χ0v) is 16.8. The van der Waals surface area contributed by atoms with E-state index in [0.717, 1.165) is 6.42 Å². The van der Waals surface area contributed by atoms with Gasteiger partial charge in [0.25, 0.3) is 11.8 Å². The van der Waals surface area contributed by atoms with Crippen molar-refractivity contribution in [3.8, 4) is 11.5 Å². The monoisotopic (exact) mass is 405 g/mol. The van der Waals surface area contributed by atoms with Crippen LogP contribution in [-0.2, 0) is 0 Å². The summed E-state index contributed by atoms with van der Waals surface area (Å²) in [7, 11) is 1.50. The zero-order chi connectivity index (χ0) is 21.3. The summed E-state index contributed by atoms with van der Waals surface area (Å²) in [5.41, 5.74) is 1.94. The van der Waals surface area contributed by atoms with Gasteiger partial charge in [-0.2, -0.15) is 0 Å². The normalized spacial score (nSPS) is 10.2. The summed E-state index contributed by atoms with van der Waals surface area (Å²) in [6.07, 6.45) is 3.97. The molecule has 7 heteroatoms. The van der Waals surface area contributed by atoms with E-state index in [9.17, 15) is 9.59 Å². The first-order chi connectivity index (χ1) is 14.6. The van der Waals surface area contributed by atoms with Crippen LogP contribution in [0.15, 0.2) is 67.0 Å². The topological polar surface area (TPSA) is 89.6 Å². The Morgan fingerprint density at radius 3 is 2.50 bits per heavy atom. The second kappa shape index (κ2) is 10.1. The lowest BCUT2D eigenvalue weighted by molar-refractivity contribution is 0.101. The molecule has 0 aliphatic heterocycles. The third-order valence-electron chi connectivity index (χ3n) is 4.20. The predicted molar refractivity (Wildman–Crippen MR) is 115 cm³/mol. The minimum Gasteiger partial charge on any atom is -0.494 e. The first kappa shape index (κ1) is 20.9. The fraction of sp³-hybridized carbons (Fsp3) is 0.174. The van der Waals surface area contributed by atoms with Gasteiger partial charge in [-0.15, -0.1) is 0 Å². The molecule has 2 aromatic carbocycles. The average molecular weight is 405 g/mol. The molecule has 0 spiro atoms. The smallest absolute Gasteiger partial charge is 0.257 e. The van der Waals surface area contributed by atoms with Crippen LogP contribution < -0.4 is 20.1 Å². The number of anilines is 2. The van der Waals surface area contributed by atoms with Gasteiger partial charge in [0.05, 0.1) is 25.0 Å². The molecule has 0 radical (unpaired) electrons. The number of amides is 2. The molecule has 154 valence electrons. The molecular formula is C23H23N3O4. The lowest BCUT2D eigenvalue weighted by atomic mass is 10.2. The highest BCUT2D eigenvalue weighted by Gasteiger charge is 2.13. The van der Waals surface area contributed by atoms with Crippen molar-refractivity contribution in [2.75, 3.05) is 24.4 Å². The van der Waals surface area contributed by atoms with Crippen LogP contribution in [0.1, 0.15) is 34.1 Å². The Hall–Kier alpha value is -3.87. The van der Waals surface area contributed by atoms with Gasteiger partial charge >= 0.3 is 0 Å². The van der Waals surface area contributed by atoms with E-state index in [1.165, 1.54) is 13.3 Å². The molecule has 0 saturated heterocycles. The van der Waals surface area contributed by atoms with Crippen LogP contribution in [0, 0.1) is 0 Å². The van der Waals surface area contributed by atoms with Crippen LogP contribution in [-0.4, -0.2) is 30.5 Å². The Kier molecular flexibility index (Phi) is 7.00. The van der Waals surface area contributed by atoms with E-state index in [-0.39, 0.29) is 11.8 Å². The maximum absolute atomic E-state index is 12.6. The Morgan fingerprint density at radius 2 is 1.77 bits per heavy atom. The highest BCUT2D eigenvalue weighted by atomic mass is 16.5. The number of nitrogens with zero attached hydrogens (tertiary/aromatic N) is 1. The lowest BCUT2D eigenvalue weighted by Crippen LogP contribution is -2.14. The summed E-state index contributed by atoms with van der Waals surface area (Å²) in [6.45, 7) is 2.61. The first-order valence-electron chi connectivity index (χ1n) is 9.54. The number of benzene rings is 2. The molecule has 3 rings (SSSR count). The summed E-state index contributed by atoms with van der Waals surface area (Å²) in [5.74, 6) is 0.494. The fourth-order valence-corrected chi connectivity index (χ4v) is 2.71. The molecule has 0 aliphatic rings. The van der Waals surface area contributed by atoms with Crippen LogP contribution in [0.5, 0.6) is 11.5 Å². The SMILES string of the molecule is CCCOc1cccc(C(=O)Nc2ccc(NC(=O)c3cccnc3)c(OC)c2)c1. The quantitative estimate of drug-likeness (QED) is 0.580. The number of hydrogen-bond acceptors (Lipinski definition) is 5. The van der Waals surface area contributed by atoms with Crippen molar-refractivity contribution >= 4 is 23.2 Å². The fourth-order valence-electron chi connectivity index (χ4n) is 2.71. The average Bonchev–Trinajstić information content (AvgIpc) is 2.79. The third-order valence-corrected chi connectivity index (χ3v) is 4.20. The number of carbonyl (C=O) groups excluding carboxylic acids is 2. The van der Waals surface area contributed by atoms with E-state index < -0.39 is 0 Å². The molecule has 30 heavy (non-hydrogen) atoms. The van der Waals surface area contributed by atoms with Gasteiger partial charge in [0.1, 0.15) is 11.5 Å². The molecule has 0 fully saturated rings. The van der Waals surface area contributed by atoms with Crippen LogP contribution in [0.2, 0.25) is 0 Å². The second-order valence-corrected chi connectivity index (χ2v) is 6.44. The van der Waals surface area contributed by atoms with Crippen molar-refractivity contribution in [3.05, 3.63) is 78.1 Å². The molecule has 0 bridgehead atoms. The number of aromatic nitrogens is 1. The van der Waals surface area contributed by atoms with Crippen molar-refractivity contribution in [1.29, 1.82) is 0 Å². The summed E-state index contributed by atoms with van der Waals surface area (Å²) < 4.78 is 10.9. The number of methoxy groups -OCH3 is 1. The Morgan fingerprint density at radius 1 is 0.967 bits per heavy atom. The number of hydrogen-bond donors (Lipinski definition) is 2. The van der Waals surface area contributed by atoms with Crippen molar-refractivity contribution in [3.63, 3.8) is 0 Å². The number of ether oxygens (including phenoxy) is 2. The minimum absolute atomic E-state index is 0.272. The van der Waals surface area contributed by atoms with Gasteiger partial charge in [0.15, 0.2) is 0 Å². The predicted octanol–water partition coefficient (Wildman–Crippen LogP) is 4.38. The van der Waals surface area contributed by atoms with Crippen LogP contribution in [0.3, 0.4) is 0 Å². The number of rotatable bonds is 8. The van der Waals surface area contributed by atoms with Crippen molar-refractivity contribution in [2.24, 2.45) is 0 Å². The van der Waals surface area contributed by atoms with Crippen molar-refractivity contribution in [1.82, 2.24) is 4.98 Å². The van der Waals surface area contributed by atoms with Gasteiger partial charge in [-0.05, 0) is 48.9 Å². The number of nitrogens with one attached hydrogen (secondary N) is 2. The molecule has 0 atom stereocenters. The molecule has 7 nitrogen and oxygen atoms in total. The molecular weight excluding hydrogens is 382 g/mol. The Labute approximate surface area is 175 Å². The van der Waals surface area contributed by atoms with Gasteiger partial charge in [-0.1, -0.05) is 13.0 Å². The maximum Gasteiger partial charge on any atom is 0.257 e. The van der Waals surface area contributed by atoms with Gasteiger partial charge in [-0.25, -0.2) is 0 Å². The molecule has 0 unspecified atom stereocenters. The molecule has 2 amide bonds. The summed E-state index contributed by atoms with van der Waals surface area (Å²) in [6, 6.07) is 15.4. The summed E-state index contributed by atoms with van der Waals surface area (Å²) in [5, 5.41) is 5.62. The second-order valence-electron chi connectivity index (χ2n) is 6.44. The number of pyridine rings is 1. The van der Waals surface area contributed by atoms with E-state index in [0.29, 0.717) is 40.6 Å². The molecule has 1 aromatic heterocycles. The van der Waals surface area contributed by atoms with Crippen LogP contribution in [0.4, 0.5) is 11.4 Å². The third kappa shape index (κ3) is 5.35. The molecule has 2 N–H and O–H groups in total.